The smallest absolute Gasteiger partial charge is 0.226 e. The van der Waals surface area contributed by atoms with E-state index in [2.05, 4.69) is 43.9 Å². The second-order valence-electron chi connectivity index (χ2n) is 9.51. The van der Waals surface area contributed by atoms with E-state index in [0.29, 0.717) is 12.5 Å². The lowest BCUT2D eigenvalue weighted by Crippen LogP contribution is -2.44. The molecule has 0 saturated carbocycles. The monoisotopic (exact) mass is 424 g/mol. The van der Waals surface area contributed by atoms with Crippen LogP contribution >= 0.6 is 0 Å². The normalized spacial score (nSPS) is 20.4. The van der Waals surface area contributed by atoms with Crippen molar-refractivity contribution < 1.29 is 9.53 Å². The third-order valence-corrected chi connectivity index (χ3v) is 6.82. The predicted octanol–water partition coefficient (Wildman–Crippen LogP) is 4.31. The highest BCUT2D eigenvalue weighted by molar-refractivity contribution is 5.83. The molecule has 2 aliphatic heterocycles. The standard InChI is InChI=1S/C25H36N4O2/c1-17(2)20-8-9-23-22(15-20)18(3)26-25(27-23)29-12-10-19(11-13-29)24(30)28(4)16-21-7-5-6-14-31-21/h8-9,15,17,19,21H,5-7,10-14,16H2,1-4H3. The van der Waals surface area contributed by atoms with Gasteiger partial charge in [-0.25, -0.2) is 9.97 Å². The number of fused-ring (bicyclic) bond motifs is 1. The number of ether oxygens (including phenoxy) is 1. The summed E-state index contributed by atoms with van der Waals surface area (Å²) in [5, 5.41) is 1.13. The van der Waals surface area contributed by atoms with E-state index in [0.717, 1.165) is 67.9 Å². The fraction of sp³-hybridized carbons (Fsp3) is 0.640. The Labute approximate surface area is 186 Å². The van der Waals surface area contributed by atoms with Crippen LogP contribution in [0.1, 0.15) is 63.1 Å². The van der Waals surface area contributed by atoms with Crippen molar-refractivity contribution in [2.24, 2.45) is 5.92 Å². The first-order valence-electron chi connectivity index (χ1n) is 11.8. The van der Waals surface area contributed by atoms with Gasteiger partial charge in [-0.15, -0.1) is 0 Å². The summed E-state index contributed by atoms with van der Waals surface area (Å²) in [5.41, 5.74) is 3.33. The number of amides is 1. The fourth-order valence-electron chi connectivity index (χ4n) is 4.77. The number of likely N-dealkylation sites (N-methyl/N-ethyl adjacent to an activating group) is 1. The Morgan fingerprint density at radius 2 is 1.97 bits per heavy atom. The summed E-state index contributed by atoms with van der Waals surface area (Å²) in [6, 6.07) is 6.50. The highest BCUT2D eigenvalue weighted by atomic mass is 16.5. The van der Waals surface area contributed by atoms with E-state index in [1.807, 2.05) is 11.9 Å². The summed E-state index contributed by atoms with van der Waals surface area (Å²) in [7, 11) is 1.92. The van der Waals surface area contributed by atoms with Crippen LogP contribution in [0, 0.1) is 12.8 Å². The fourth-order valence-corrected chi connectivity index (χ4v) is 4.77. The number of carbonyl (C=O) groups excluding carboxylic acids is 1. The highest BCUT2D eigenvalue weighted by Gasteiger charge is 2.29. The number of piperidine rings is 1. The van der Waals surface area contributed by atoms with Crippen LogP contribution in [-0.4, -0.2) is 60.2 Å². The van der Waals surface area contributed by atoms with Crippen LogP contribution in [0.25, 0.3) is 10.9 Å². The minimum absolute atomic E-state index is 0.0833. The van der Waals surface area contributed by atoms with Crippen molar-refractivity contribution in [1.82, 2.24) is 14.9 Å². The van der Waals surface area contributed by atoms with Gasteiger partial charge in [0.15, 0.2) is 0 Å². The minimum atomic E-state index is 0.0833. The topological polar surface area (TPSA) is 58.6 Å². The molecule has 2 fully saturated rings. The Bertz CT molecular complexity index is 915. The molecule has 4 rings (SSSR count). The molecule has 0 aliphatic carbocycles. The molecule has 0 bridgehead atoms. The van der Waals surface area contributed by atoms with Gasteiger partial charge >= 0.3 is 0 Å². The number of nitrogens with zero attached hydrogens (tertiary/aromatic N) is 4. The molecule has 3 heterocycles. The molecule has 2 saturated heterocycles. The van der Waals surface area contributed by atoms with Crippen molar-refractivity contribution >= 4 is 22.8 Å². The third kappa shape index (κ3) is 5.00. The van der Waals surface area contributed by atoms with E-state index in [1.165, 1.54) is 12.0 Å². The quantitative estimate of drug-likeness (QED) is 0.716. The molecule has 2 aliphatic rings. The number of carbonyl (C=O) groups is 1. The van der Waals surface area contributed by atoms with Gasteiger partial charge in [0.2, 0.25) is 11.9 Å². The van der Waals surface area contributed by atoms with Gasteiger partial charge in [-0.3, -0.25) is 4.79 Å². The molecule has 31 heavy (non-hydrogen) atoms. The van der Waals surface area contributed by atoms with E-state index in [1.54, 1.807) is 0 Å². The lowest BCUT2D eigenvalue weighted by atomic mass is 9.95. The lowest BCUT2D eigenvalue weighted by molar-refractivity contribution is -0.137. The summed E-state index contributed by atoms with van der Waals surface area (Å²) >= 11 is 0. The van der Waals surface area contributed by atoms with Gasteiger partial charge in [-0.2, -0.15) is 0 Å². The van der Waals surface area contributed by atoms with Crippen LogP contribution in [0.15, 0.2) is 18.2 Å². The summed E-state index contributed by atoms with van der Waals surface area (Å²) in [6.07, 6.45) is 5.31. The Balaban J connectivity index is 1.38. The van der Waals surface area contributed by atoms with Gasteiger partial charge in [0.05, 0.1) is 17.3 Å². The zero-order valence-corrected chi connectivity index (χ0v) is 19.4. The molecule has 1 unspecified atom stereocenters. The Kier molecular flexibility index (Phi) is 6.75. The molecule has 1 amide bonds. The maximum Gasteiger partial charge on any atom is 0.226 e. The predicted molar refractivity (Wildman–Crippen MR) is 125 cm³/mol. The molecule has 1 atom stereocenters. The summed E-state index contributed by atoms with van der Waals surface area (Å²) in [4.78, 5) is 26.7. The van der Waals surface area contributed by atoms with Crippen LogP contribution in [0.3, 0.4) is 0 Å². The number of hydrogen-bond acceptors (Lipinski definition) is 5. The molecule has 6 nitrogen and oxygen atoms in total. The zero-order valence-electron chi connectivity index (χ0n) is 19.4. The molecule has 1 aromatic heterocycles. The molecule has 0 N–H and O–H groups in total. The molecular formula is C25H36N4O2. The van der Waals surface area contributed by atoms with Crippen molar-refractivity contribution in [1.29, 1.82) is 0 Å². The number of aromatic nitrogens is 2. The maximum absolute atomic E-state index is 13.0. The largest absolute Gasteiger partial charge is 0.376 e. The van der Waals surface area contributed by atoms with Gasteiger partial charge in [-0.1, -0.05) is 19.9 Å². The summed E-state index contributed by atoms with van der Waals surface area (Å²) in [5.74, 6) is 1.62. The lowest BCUT2D eigenvalue weighted by Gasteiger charge is -2.34. The van der Waals surface area contributed by atoms with Gasteiger partial charge in [0.25, 0.3) is 0 Å². The average Bonchev–Trinajstić information content (AvgIpc) is 2.79. The van der Waals surface area contributed by atoms with E-state index in [-0.39, 0.29) is 17.9 Å². The van der Waals surface area contributed by atoms with Crippen LogP contribution in [0.4, 0.5) is 5.95 Å². The molecule has 168 valence electrons. The average molecular weight is 425 g/mol. The second kappa shape index (κ2) is 9.51. The van der Waals surface area contributed by atoms with Crippen LogP contribution in [0.5, 0.6) is 0 Å². The number of hydrogen-bond donors (Lipinski definition) is 0. The number of rotatable bonds is 5. The van der Waals surface area contributed by atoms with Crippen molar-refractivity contribution in [2.75, 3.05) is 38.2 Å². The van der Waals surface area contributed by atoms with Crippen molar-refractivity contribution in [2.45, 2.75) is 64.9 Å². The van der Waals surface area contributed by atoms with Crippen LogP contribution < -0.4 is 4.90 Å². The maximum atomic E-state index is 13.0. The first kappa shape index (κ1) is 22.0. The zero-order chi connectivity index (χ0) is 22.0. The molecule has 1 aromatic carbocycles. The third-order valence-electron chi connectivity index (χ3n) is 6.82. The van der Waals surface area contributed by atoms with E-state index in [4.69, 9.17) is 14.7 Å². The van der Waals surface area contributed by atoms with E-state index >= 15 is 0 Å². The van der Waals surface area contributed by atoms with Crippen LogP contribution in [-0.2, 0) is 9.53 Å². The van der Waals surface area contributed by atoms with Crippen molar-refractivity contribution in [3.63, 3.8) is 0 Å². The molecular weight excluding hydrogens is 388 g/mol. The Hall–Kier alpha value is -2.21. The number of benzene rings is 1. The first-order valence-corrected chi connectivity index (χ1v) is 11.8. The molecule has 0 radical (unpaired) electrons. The Morgan fingerprint density at radius 1 is 1.19 bits per heavy atom. The first-order chi connectivity index (χ1) is 14.9. The van der Waals surface area contributed by atoms with Crippen LogP contribution in [0.2, 0.25) is 0 Å². The Morgan fingerprint density at radius 3 is 2.65 bits per heavy atom. The number of anilines is 1. The number of aryl methyl sites for hydroxylation is 1. The van der Waals surface area contributed by atoms with Gasteiger partial charge in [-0.05, 0) is 62.6 Å². The van der Waals surface area contributed by atoms with Crippen molar-refractivity contribution in [3.05, 3.63) is 29.5 Å². The summed E-state index contributed by atoms with van der Waals surface area (Å²) < 4.78 is 5.81. The van der Waals surface area contributed by atoms with E-state index < -0.39 is 0 Å². The van der Waals surface area contributed by atoms with Gasteiger partial charge in [0.1, 0.15) is 0 Å². The van der Waals surface area contributed by atoms with Crippen molar-refractivity contribution in [3.8, 4) is 0 Å². The summed E-state index contributed by atoms with van der Waals surface area (Å²) in [6.45, 7) is 9.65. The second-order valence-corrected chi connectivity index (χ2v) is 9.51. The van der Waals surface area contributed by atoms with E-state index in [9.17, 15) is 4.79 Å². The SMILES string of the molecule is Cc1nc(N2CCC(C(=O)N(C)CC3CCCCO3)CC2)nc2ccc(C(C)C)cc12. The molecule has 2 aromatic rings. The van der Waals surface area contributed by atoms with Gasteiger partial charge < -0.3 is 14.5 Å². The molecule has 0 spiro atoms. The minimum Gasteiger partial charge on any atom is -0.376 e. The highest BCUT2D eigenvalue weighted by Crippen LogP contribution is 2.27. The van der Waals surface area contributed by atoms with Gasteiger partial charge in [0, 0.05) is 44.6 Å². The molecule has 6 heteroatoms.